The van der Waals surface area contributed by atoms with Crippen LogP contribution >= 0.6 is 0 Å². The summed E-state index contributed by atoms with van der Waals surface area (Å²) in [7, 11) is 6.51. The van der Waals surface area contributed by atoms with E-state index in [4.69, 9.17) is 15.7 Å². The van der Waals surface area contributed by atoms with Gasteiger partial charge in [0.15, 0.2) is 11.6 Å². The maximum Gasteiger partial charge on any atom is 0.162 e. The number of benzene rings is 3. The van der Waals surface area contributed by atoms with Gasteiger partial charge in [-0.25, -0.2) is 9.97 Å². The minimum Gasteiger partial charge on any atom is -0.349 e. The third-order valence-corrected chi connectivity index (χ3v) is 8.72. The number of nitrogens with zero attached hydrogens (tertiary/aromatic N) is 6. The molecule has 2 N–H and O–H groups in total. The van der Waals surface area contributed by atoms with Gasteiger partial charge in [0.05, 0.1) is 17.6 Å². The first-order valence-electron chi connectivity index (χ1n) is 13.3. The molecule has 0 bridgehead atoms. The molecule has 1 atom stereocenters. The van der Waals surface area contributed by atoms with E-state index in [1.165, 1.54) is 23.4 Å². The summed E-state index contributed by atoms with van der Waals surface area (Å²) >= 11 is 0. The Morgan fingerprint density at radius 3 is 1.95 bits per heavy atom. The van der Waals surface area contributed by atoms with Crippen molar-refractivity contribution in [3.8, 4) is 11.4 Å². The van der Waals surface area contributed by atoms with Crippen LogP contribution in [-0.2, 0) is 5.54 Å². The summed E-state index contributed by atoms with van der Waals surface area (Å²) in [4.78, 5) is 19.4. The molecule has 1 fully saturated rings. The number of anilines is 5. The Hall–Kier alpha value is -4.10. The topological polar surface area (TPSA) is 64.8 Å². The zero-order chi connectivity index (χ0) is 26.0. The van der Waals surface area contributed by atoms with E-state index < -0.39 is 0 Å². The van der Waals surface area contributed by atoms with Crippen LogP contribution in [0.4, 0.5) is 28.6 Å². The average molecular weight is 504 g/mol. The predicted molar refractivity (Wildman–Crippen MR) is 155 cm³/mol. The van der Waals surface area contributed by atoms with Gasteiger partial charge in [-0.3, -0.25) is 4.90 Å². The Morgan fingerprint density at radius 2 is 1.34 bits per heavy atom. The van der Waals surface area contributed by atoms with Crippen molar-refractivity contribution in [1.82, 2.24) is 9.97 Å². The van der Waals surface area contributed by atoms with Gasteiger partial charge < -0.3 is 20.4 Å². The smallest absolute Gasteiger partial charge is 0.162 e. The van der Waals surface area contributed by atoms with Crippen LogP contribution < -0.4 is 25.3 Å². The van der Waals surface area contributed by atoms with Crippen molar-refractivity contribution in [3.63, 3.8) is 0 Å². The van der Waals surface area contributed by atoms with Crippen molar-refractivity contribution in [2.24, 2.45) is 5.73 Å². The van der Waals surface area contributed by atoms with Crippen molar-refractivity contribution < 1.29 is 0 Å². The highest BCUT2D eigenvalue weighted by atomic mass is 15.5. The summed E-state index contributed by atoms with van der Waals surface area (Å²) in [5.41, 5.74) is 13.3. The molecule has 1 unspecified atom stereocenters. The van der Waals surface area contributed by atoms with Crippen LogP contribution in [0.1, 0.15) is 24.8 Å². The third kappa shape index (κ3) is 3.31. The monoisotopic (exact) mass is 503 g/mol. The summed E-state index contributed by atoms with van der Waals surface area (Å²) in [6.07, 6.45) is 5.29. The third-order valence-electron chi connectivity index (χ3n) is 8.72. The highest BCUT2D eigenvalue weighted by Crippen LogP contribution is 2.48. The molecule has 192 valence electrons. The van der Waals surface area contributed by atoms with Crippen LogP contribution in [0.2, 0.25) is 0 Å². The molecular weight excluding hydrogens is 470 g/mol. The first-order chi connectivity index (χ1) is 18.5. The zero-order valence-electron chi connectivity index (χ0n) is 22.1. The fourth-order valence-corrected chi connectivity index (χ4v) is 6.37. The quantitative estimate of drug-likeness (QED) is 0.405. The van der Waals surface area contributed by atoms with Crippen molar-refractivity contribution in [2.45, 2.75) is 37.1 Å². The lowest BCUT2D eigenvalue weighted by atomic mass is 9.73. The van der Waals surface area contributed by atoms with Gasteiger partial charge in [0.2, 0.25) is 0 Å². The van der Waals surface area contributed by atoms with E-state index in [0.29, 0.717) is 0 Å². The Balaban J connectivity index is 1.35. The maximum atomic E-state index is 6.67. The van der Waals surface area contributed by atoms with Crippen molar-refractivity contribution in [3.05, 3.63) is 90.6 Å². The molecule has 3 heterocycles. The van der Waals surface area contributed by atoms with Gasteiger partial charge in [0.25, 0.3) is 0 Å². The van der Waals surface area contributed by atoms with E-state index in [2.05, 4.69) is 101 Å². The highest BCUT2D eigenvalue weighted by molar-refractivity contribution is 5.85. The minimum atomic E-state index is -0.187. The number of hydrogen-bond acceptors (Lipinski definition) is 7. The average Bonchev–Trinajstić information content (AvgIpc) is 3.37. The lowest BCUT2D eigenvalue weighted by molar-refractivity contribution is 0.253. The Bertz CT molecular complexity index is 1450. The van der Waals surface area contributed by atoms with Crippen LogP contribution in [0.5, 0.6) is 0 Å². The Labute approximate surface area is 224 Å². The summed E-state index contributed by atoms with van der Waals surface area (Å²) in [5, 5.41) is 0. The van der Waals surface area contributed by atoms with Crippen molar-refractivity contribution >= 4 is 28.6 Å². The van der Waals surface area contributed by atoms with Crippen LogP contribution in [-0.4, -0.2) is 43.4 Å². The summed E-state index contributed by atoms with van der Waals surface area (Å²) in [6.45, 7) is 0. The first kappa shape index (κ1) is 23.0. The lowest BCUT2D eigenvalue weighted by Gasteiger charge is -2.41. The number of aromatic nitrogens is 2. The molecule has 0 spiro atoms. The van der Waals surface area contributed by atoms with Crippen molar-refractivity contribution in [1.29, 1.82) is 0 Å². The molecule has 7 heteroatoms. The molecule has 2 aliphatic heterocycles. The molecule has 4 aromatic rings. The standard InChI is InChI=1S/C31H33N7/c1-35-24-12-7-8-13-25(24)36(2)29(35)30-37(3)26-20-33-27(21-10-5-4-6-11-21)34-28(26)38(30)23-16-14-22(15-17-23)31(32)18-9-19-31/h4-8,10-17,20,29-30H,9,18-19,32H2,1-3H3. The number of nitrogens with two attached hydrogens (primary N) is 1. The molecule has 38 heavy (non-hydrogen) atoms. The second-order valence-corrected chi connectivity index (χ2v) is 10.8. The van der Waals surface area contributed by atoms with E-state index >= 15 is 0 Å². The molecule has 3 aromatic carbocycles. The number of rotatable bonds is 4. The van der Waals surface area contributed by atoms with Crippen molar-refractivity contribution in [2.75, 3.05) is 40.7 Å². The Morgan fingerprint density at radius 1 is 0.737 bits per heavy atom. The molecule has 0 saturated heterocycles. The summed E-state index contributed by atoms with van der Waals surface area (Å²) in [5.74, 6) is 1.65. The van der Waals surface area contributed by atoms with Crippen LogP contribution in [0, 0.1) is 0 Å². The second-order valence-electron chi connectivity index (χ2n) is 10.8. The number of hydrogen-bond donors (Lipinski definition) is 1. The van der Waals surface area contributed by atoms with Gasteiger partial charge in [0.1, 0.15) is 18.0 Å². The second kappa shape index (κ2) is 8.46. The molecule has 7 nitrogen and oxygen atoms in total. The fraction of sp³-hybridized carbons (Fsp3) is 0.290. The van der Waals surface area contributed by atoms with Crippen LogP contribution in [0.15, 0.2) is 85.1 Å². The normalized spacial score (nSPS) is 19.9. The van der Waals surface area contributed by atoms with Gasteiger partial charge in [-0.15, -0.1) is 0 Å². The largest absolute Gasteiger partial charge is 0.349 e. The first-order valence-corrected chi connectivity index (χ1v) is 13.3. The van der Waals surface area contributed by atoms with Gasteiger partial charge in [0, 0.05) is 37.9 Å². The Kier molecular flexibility index (Phi) is 5.13. The minimum absolute atomic E-state index is 0.0332. The number of para-hydroxylation sites is 2. The highest BCUT2D eigenvalue weighted by Gasteiger charge is 2.48. The van der Waals surface area contributed by atoms with Gasteiger partial charge in [-0.1, -0.05) is 54.6 Å². The molecule has 1 saturated carbocycles. The molecule has 0 amide bonds. The molecule has 0 radical (unpaired) electrons. The lowest BCUT2D eigenvalue weighted by Crippen LogP contribution is -2.59. The van der Waals surface area contributed by atoms with Gasteiger partial charge in [-0.2, -0.15) is 0 Å². The number of fused-ring (bicyclic) bond motifs is 2. The van der Waals surface area contributed by atoms with E-state index in [0.717, 1.165) is 41.4 Å². The molecule has 7 rings (SSSR count). The van der Waals surface area contributed by atoms with Gasteiger partial charge >= 0.3 is 0 Å². The van der Waals surface area contributed by atoms with Crippen LogP contribution in [0.25, 0.3) is 11.4 Å². The summed E-state index contributed by atoms with van der Waals surface area (Å²) < 4.78 is 0. The summed E-state index contributed by atoms with van der Waals surface area (Å²) in [6, 6.07) is 27.6. The maximum absolute atomic E-state index is 6.67. The number of likely N-dealkylation sites (N-methyl/N-ethyl adjacent to an activating group) is 3. The van der Waals surface area contributed by atoms with E-state index in [-0.39, 0.29) is 17.9 Å². The SMILES string of the molecule is CN1c2ccccc2N(C)C1C1N(C)c2cnc(-c3ccccc3)nc2N1c1ccc(C2(N)CCC2)cc1. The van der Waals surface area contributed by atoms with Gasteiger partial charge in [-0.05, 0) is 49.1 Å². The fourth-order valence-electron chi connectivity index (χ4n) is 6.37. The van der Waals surface area contributed by atoms with E-state index in [9.17, 15) is 0 Å². The van der Waals surface area contributed by atoms with E-state index in [1.54, 1.807) is 0 Å². The van der Waals surface area contributed by atoms with Crippen LogP contribution in [0.3, 0.4) is 0 Å². The molecule has 1 aliphatic carbocycles. The molecule has 3 aliphatic rings. The van der Waals surface area contributed by atoms with E-state index in [1.807, 2.05) is 24.4 Å². The predicted octanol–water partition coefficient (Wildman–Crippen LogP) is 5.31. The molecular formula is C31H33N7. The zero-order valence-corrected chi connectivity index (χ0v) is 22.1. The molecule has 1 aromatic heterocycles.